The zero-order valence-corrected chi connectivity index (χ0v) is 12.8. The average Bonchev–Trinajstić information content (AvgIpc) is 2.52. The summed E-state index contributed by atoms with van der Waals surface area (Å²) >= 11 is 5.77. The molecular weight excluding hydrogens is 328 g/mol. The maximum atomic E-state index is 13.3. The number of halogens is 3. The lowest BCUT2D eigenvalue weighted by molar-refractivity contribution is -0.123. The fraction of sp³-hybridized carbons (Fsp3) is 0.188. The first kappa shape index (κ1) is 17.0. The van der Waals surface area contributed by atoms with Crippen molar-refractivity contribution in [3.63, 3.8) is 0 Å². The lowest BCUT2D eigenvalue weighted by Gasteiger charge is -2.10. The Balaban J connectivity index is 1.68. The molecule has 0 heterocycles. The molecule has 7 heteroatoms. The van der Waals surface area contributed by atoms with Gasteiger partial charge in [0.25, 0.3) is 5.91 Å². The van der Waals surface area contributed by atoms with E-state index >= 15 is 0 Å². The van der Waals surface area contributed by atoms with Crippen molar-refractivity contribution >= 4 is 17.5 Å². The van der Waals surface area contributed by atoms with Gasteiger partial charge in [-0.05, 0) is 30.3 Å². The smallest absolute Gasteiger partial charge is 0.258 e. The maximum Gasteiger partial charge on any atom is 0.258 e. The molecule has 0 unspecified atom stereocenters. The summed E-state index contributed by atoms with van der Waals surface area (Å²) in [5, 5.41) is 2.63. The SMILES string of the molecule is O=C(COc1ccc(F)cc1Cl)NCCOc1ccccc1F. The standard InChI is InChI=1S/C16H14ClF2NO3/c17-12-9-11(18)5-6-14(12)23-10-16(21)20-7-8-22-15-4-2-1-3-13(15)19/h1-6,9H,7-8,10H2,(H,20,21). The Bertz CT molecular complexity index is 682. The van der Waals surface area contributed by atoms with Gasteiger partial charge in [-0.2, -0.15) is 0 Å². The van der Waals surface area contributed by atoms with Crippen LogP contribution in [0.3, 0.4) is 0 Å². The van der Waals surface area contributed by atoms with E-state index in [0.29, 0.717) is 0 Å². The zero-order chi connectivity index (χ0) is 16.7. The van der Waals surface area contributed by atoms with Gasteiger partial charge in [-0.1, -0.05) is 23.7 Å². The summed E-state index contributed by atoms with van der Waals surface area (Å²) in [6.07, 6.45) is 0. The number of nitrogens with one attached hydrogen (secondary N) is 1. The minimum absolute atomic E-state index is 0.0840. The minimum atomic E-state index is -0.489. The number of ether oxygens (including phenoxy) is 2. The molecule has 2 rings (SSSR count). The topological polar surface area (TPSA) is 47.6 Å². The summed E-state index contributed by atoms with van der Waals surface area (Å²) in [5.41, 5.74) is 0. The summed E-state index contributed by atoms with van der Waals surface area (Å²) in [5.74, 6) is -1.02. The molecule has 0 aliphatic heterocycles. The molecule has 1 amide bonds. The molecule has 0 saturated heterocycles. The summed E-state index contributed by atoms with van der Waals surface area (Å²) in [7, 11) is 0. The third-order valence-corrected chi connectivity index (χ3v) is 3.07. The number of carbonyl (C=O) groups is 1. The molecule has 0 aromatic heterocycles. The van der Waals surface area contributed by atoms with Crippen LogP contribution in [-0.2, 0) is 4.79 Å². The Labute approximate surface area is 137 Å². The van der Waals surface area contributed by atoms with Gasteiger partial charge < -0.3 is 14.8 Å². The van der Waals surface area contributed by atoms with Crippen LogP contribution in [0.25, 0.3) is 0 Å². The first-order chi connectivity index (χ1) is 11.1. The van der Waals surface area contributed by atoms with Gasteiger partial charge in [0.05, 0.1) is 11.6 Å². The quantitative estimate of drug-likeness (QED) is 0.787. The summed E-state index contributed by atoms with van der Waals surface area (Å²) in [4.78, 5) is 11.6. The lowest BCUT2D eigenvalue weighted by atomic mass is 10.3. The van der Waals surface area contributed by atoms with E-state index in [1.54, 1.807) is 12.1 Å². The monoisotopic (exact) mass is 341 g/mol. The van der Waals surface area contributed by atoms with Gasteiger partial charge in [-0.25, -0.2) is 8.78 Å². The van der Waals surface area contributed by atoms with Crippen molar-refractivity contribution in [2.75, 3.05) is 19.8 Å². The van der Waals surface area contributed by atoms with E-state index in [-0.39, 0.29) is 36.3 Å². The second kappa shape index (κ2) is 8.33. The first-order valence-corrected chi connectivity index (χ1v) is 7.16. The van der Waals surface area contributed by atoms with Crippen LogP contribution in [0.5, 0.6) is 11.5 Å². The van der Waals surface area contributed by atoms with Crippen LogP contribution in [0.2, 0.25) is 5.02 Å². The Morgan fingerprint density at radius 3 is 2.61 bits per heavy atom. The lowest BCUT2D eigenvalue weighted by Crippen LogP contribution is -2.32. The molecule has 2 aromatic carbocycles. The van der Waals surface area contributed by atoms with Crippen molar-refractivity contribution in [3.05, 3.63) is 59.1 Å². The predicted octanol–water partition coefficient (Wildman–Crippen LogP) is 3.19. The van der Waals surface area contributed by atoms with E-state index in [9.17, 15) is 13.6 Å². The van der Waals surface area contributed by atoms with Crippen molar-refractivity contribution < 1.29 is 23.0 Å². The number of rotatable bonds is 7. The molecule has 0 aliphatic carbocycles. The number of hydrogen-bond acceptors (Lipinski definition) is 3. The number of amides is 1. The Morgan fingerprint density at radius 2 is 1.87 bits per heavy atom. The van der Waals surface area contributed by atoms with Crippen molar-refractivity contribution in [1.82, 2.24) is 5.32 Å². The van der Waals surface area contributed by atoms with Gasteiger partial charge in [-0.15, -0.1) is 0 Å². The molecule has 0 aliphatic rings. The highest BCUT2D eigenvalue weighted by Gasteiger charge is 2.07. The van der Waals surface area contributed by atoms with Crippen molar-refractivity contribution in [2.45, 2.75) is 0 Å². The number of carbonyl (C=O) groups excluding carboxylic acids is 1. The van der Waals surface area contributed by atoms with Crippen LogP contribution in [-0.4, -0.2) is 25.7 Å². The number of benzene rings is 2. The van der Waals surface area contributed by atoms with Gasteiger partial charge in [0.15, 0.2) is 18.2 Å². The molecule has 23 heavy (non-hydrogen) atoms. The number of hydrogen-bond donors (Lipinski definition) is 1. The summed E-state index contributed by atoms with van der Waals surface area (Å²) in [6, 6.07) is 9.61. The average molecular weight is 342 g/mol. The maximum absolute atomic E-state index is 13.3. The fourth-order valence-corrected chi connectivity index (χ4v) is 1.92. The van der Waals surface area contributed by atoms with Crippen LogP contribution >= 0.6 is 11.6 Å². The van der Waals surface area contributed by atoms with Crippen LogP contribution in [0.1, 0.15) is 0 Å². The second-order valence-corrected chi connectivity index (χ2v) is 4.90. The predicted molar refractivity (Wildman–Crippen MR) is 81.8 cm³/mol. The van der Waals surface area contributed by atoms with E-state index in [0.717, 1.165) is 6.07 Å². The fourth-order valence-electron chi connectivity index (χ4n) is 1.70. The molecule has 0 spiro atoms. The Morgan fingerprint density at radius 1 is 1.09 bits per heavy atom. The van der Waals surface area contributed by atoms with Gasteiger partial charge in [0.2, 0.25) is 0 Å². The molecule has 0 saturated carbocycles. The van der Waals surface area contributed by atoms with Crippen LogP contribution in [0.4, 0.5) is 8.78 Å². The van der Waals surface area contributed by atoms with Crippen molar-refractivity contribution in [2.24, 2.45) is 0 Å². The van der Waals surface area contributed by atoms with Crippen molar-refractivity contribution in [3.8, 4) is 11.5 Å². The van der Waals surface area contributed by atoms with Crippen LogP contribution in [0, 0.1) is 11.6 Å². The highest BCUT2D eigenvalue weighted by atomic mass is 35.5. The third-order valence-electron chi connectivity index (χ3n) is 2.77. The molecule has 2 aromatic rings. The van der Waals surface area contributed by atoms with Crippen LogP contribution in [0.15, 0.2) is 42.5 Å². The Hall–Kier alpha value is -2.34. The van der Waals surface area contributed by atoms with Gasteiger partial charge in [0.1, 0.15) is 18.2 Å². The molecular formula is C16H14ClF2NO3. The molecule has 4 nitrogen and oxygen atoms in total. The normalized spacial score (nSPS) is 10.2. The van der Waals surface area contributed by atoms with E-state index in [2.05, 4.69) is 5.32 Å². The first-order valence-electron chi connectivity index (χ1n) is 6.78. The summed E-state index contributed by atoms with van der Waals surface area (Å²) in [6.45, 7) is 0.0305. The molecule has 0 bridgehead atoms. The van der Waals surface area contributed by atoms with Crippen LogP contribution < -0.4 is 14.8 Å². The molecule has 0 atom stereocenters. The van der Waals surface area contributed by atoms with E-state index in [1.807, 2.05) is 0 Å². The Kier molecular flexibility index (Phi) is 6.17. The van der Waals surface area contributed by atoms with Gasteiger partial charge in [0, 0.05) is 0 Å². The second-order valence-electron chi connectivity index (χ2n) is 4.49. The van der Waals surface area contributed by atoms with E-state index in [1.165, 1.54) is 24.3 Å². The highest BCUT2D eigenvalue weighted by molar-refractivity contribution is 6.32. The van der Waals surface area contributed by atoms with Gasteiger partial charge >= 0.3 is 0 Å². The molecule has 122 valence electrons. The van der Waals surface area contributed by atoms with E-state index < -0.39 is 17.5 Å². The zero-order valence-electron chi connectivity index (χ0n) is 12.0. The number of para-hydroxylation sites is 1. The molecule has 0 fully saturated rings. The van der Waals surface area contributed by atoms with Gasteiger partial charge in [-0.3, -0.25) is 4.79 Å². The molecule has 1 N–H and O–H groups in total. The highest BCUT2D eigenvalue weighted by Crippen LogP contribution is 2.24. The van der Waals surface area contributed by atoms with E-state index in [4.69, 9.17) is 21.1 Å². The van der Waals surface area contributed by atoms with Crippen molar-refractivity contribution in [1.29, 1.82) is 0 Å². The minimum Gasteiger partial charge on any atom is -0.489 e. The third kappa shape index (κ3) is 5.41. The molecule has 0 radical (unpaired) electrons. The summed E-state index contributed by atoms with van der Waals surface area (Å²) < 4.78 is 36.5. The largest absolute Gasteiger partial charge is 0.489 e.